The van der Waals surface area contributed by atoms with E-state index in [0.717, 1.165) is 67.2 Å². The van der Waals surface area contributed by atoms with Crippen LogP contribution >= 0.6 is 46.6 Å². The van der Waals surface area contributed by atoms with Crippen LogP contribution in [0.25, 0.3) is 0 Å². The molecule has 6 aromatic rings. The van der Waals surface area contributed by atoms with E-state index in [1.54, 1.807) is 11.3 Å². The van der Waals surface area contributed by atoms with Crippen LogP contribution in [0.2, 0.25) is 0 Å². The summed E-state index contributed by atoms with van der Waals surface area (Å²) in [5.41, 5.74) is 4.83. The number of benzene rings is 5. The molecule has 6 rings (SSSR count). The average Bonchev–Trinajstić information content (AvgIpc) is 3.73. The third-order valence-electron chi connectivity index (χ3n) is 8.82. The van der Waals surface area contributed by atoms with Crippen molar-refractivity contribution in [1.82, 2.24) is 16.0 Å². The van der Waals surface area contributed by atoms with E-state index in [-0.39, 0.29) is 0 Å². The van der Waals surface area contributed by atoms with Gasteiger partial charge in [0.15, 0.2) is 0 Å². The van der Waals surface area contributed by atoms with Gasteiger partial charge in [-0.25, -0.2) is 0 Å². The molecule has 0 amide bonds. The van der Waals surface area contributed by atoms with Crippen molar-refractivity contribution in [2.75, 3.05) is 40.8 Å². The summed E-state index contributed by atoms with van der Waals surface area (Å²) in [5, 5.41) is 11.6. The molecule has 0 bridgehead atoms. The van der Waals surface area contributed by atoms with E-state index in [0.29, 0.717) is 0 Å². The Morgan fingerprint density at radius 2 is 0.983 bits per heavy atom. The van der Waals surface area contributed by atoms with Gasteiger partial charge in [-0.05, 0) is 187 Å². The molecule has 0 saturated carbocycles. The van der Waals surface area contributed by atoms with E-state index >= 15 is 0 Å². The van der Waals surface area contributed by atoms with Crippen LogP contribution in [0.15, 0.2) is 168 Å². The van der Waals surface area contributed by atoms with E-state index in [2.05, 4.69) is 125 Å². The Morgan fingerprint density at radius 1 is 0.500 bits per heavy atom. The first kappa shape index (κ1) is 47.2. The van der Waals surface area contributed by atoms with Gasteiger partial charge in [-0.15, -0.1) is 11.3 Å². The van der Waals surface area contributed by atoms with Crippen LogP contribution in [0, 0.1) is 6.92 Å². The lowest BCUT2D eigenvalue weighted by Gasteiger charge is -2.08. The molecule has 0 radical (unpaired) electrons. The largest absolute Gasteiger partial charge is 0.416 e. The number of rotatable bonds is 18. The Labute approximate surface area is 361 Å². The second-order valence-corrected chi connectivity index (χ2v) is 18.2. The molecule has 1 heterocycles. The SMILES string of the molecule is CNCCCc1cccc(Sc2ccc(C(F)(F)F)cc2)c1.CNCCCc1cccc(Sc2ccccc2C)c1.CNCCCc1cccc(Sc2cccs2)c1. The molecule has 3 nitrogen and oxygen atoms in total. The first-order valence-electron chi connectivity index (χ1n) is 19.7. The van der Waals surface area contributed by atoms with Crippen molar-refractivity contribution in [3.63, 3.8) is 0 Å². The average molecular weight is 860 g/mol. The van der Waals surface area contributed by atoms with Gasteiger partial charge in [-0.2, -0.15) is 13.2 Å². The Bertz CT molecular complexity index is 2020. The lowest BCUT2D eigenvalue weighted by atomic mass is 10.1. The van der Waals surface area contributed by atoms with Gasteiger partial charge in [0.05, 0.1) is 9.77 Å². The molecule has 0 unspecified atom stereocenters. The van der Waals surface area contributed by atoms with Crippen LogP contribution in [-0.2, 0) is 25.4 Å². The molecule has 308 valence electrons. The Hall–Kier alpha value is -3.48. The number of nitrogens with one attached hydrogen (secondary N) is 3. The van der Waals surface area contributed by atoms with Crippen LogP contribution in [0.5, 0.6) is 0 Å². The fourth-order valence-corrected chi connectivity index (χ4v) is 9.50. The number of alkyl halides is 3. The van der Waals surface area contributed by atoms with Gasteiger partial charge in [0.1, 0.15) is 0 Å². The van der Waals surface area contributed by atoms with Crippen LogP contribution in [0.3, 0.4) is 0 Å². The van der Waals surface area contributed by atoms with Gasteiger partial charge in [-0.1, -0.05) is 95.9 Å². The summed E-state index contributed by atoms with van der Waals surface area (Å²) in [6.07, 6.45) is 2.45. The number of aryl methyl sites for hydroxylation is 4. The quantitative estimate of drug-likeness (QED) is 0.0748. The molecule has 0 atom stereocenters. The minimum absolute atomic E-state index is 0.613. The Kier molecular flexibility index (Phi) is 21.6. The molecule has 0 aliphatic rings. The summed E-state index contributed by atoms with van der Waals surface area (Å²) in [4.78, 5) is 5.86. The monoisotopic (exact) mass is 859 g/mol. The molecule has 10 heteroatoms. The molecule has 0 fully saturated rings. The summed E-state index contributed by atoms with van der Waals surface area (Å²) in [6, 6.07) is 44.0. The van der Waals surface area contributed by atoms with Gasteiger partial charge in [0.2, 0.25) is 0 Å². The third-order valence-corrected chi connectivity index (χ3v) is 13.0. The smallest absolute Gasteiger partial charge is 0.320 e. The minimum atomic E-state index is -4.28. The lowest BCUT2D eigenvalue weighted by molar-refractivity contribution is -0.137. The maximum atomic E-state index is 12.5. The van der Waals surface area contributed by atoms with Crippen molar-refractivity contribution < 1.29 is 13.2 Å². The van der Waals surface area contributed by atoms with Crippen molar-refractivity contribution in [1.29, 1.82) is 0 Å². The summed E-state index contributed by atoms with van der Waals surface area (Å²) < 4.78 is 39.0. The lowest BCUT2D eigenvalue weighted by Crippen LogP contribution is -2.08. The standard InChI is InChI=1S/C17H18F3NS.C17H21NS.C14H17NS2/c1-21-11-3-5-13-4-2-6-16(12-13)22-15-9-7-14(8-10-15)17(18,19)20;1-14-7-3-4-11-17(14)19-16-10-5-8-15(13-16)9-6-12-18-2;1-15-9-3-6-12-5-2-7-13(11-12)17-14-8-4-10-16-14/h2,4,6-10,12,21H,3,5,11H2,1H3;3-5,7-8,10-11,13,18H,6,9,12H2,1-2H3;2,4-5,7-8,10-11,15H,3,6,9H2,1H3. The molecule has 0 saturated heterocycles. The highest BCUT2D eigenvalue weighted by Gasteiger charge is 2.29. The number of thiophene rings is 1. The zero-order valence-corrected chi connectivity index (χ0v) is 37.2. The number of hydrogen-bond acceptors (Lipinski definition) is 7. The van der Waals surface area contributed by atoms with Gasteiger partial charge >= 0.3 is 6.18 Å². The highest BCUT2D eigenvalue weighted by atomic mass is 32.2. The molecule has 0 aliphatic heterocycles. The second-order valence-electron chi connectivity index (χ2n) is 13.6. The zero-order valence-electron chi connectivity index (χ0n) is 33.9. The van der Waals surface area contributed by atoms with Gasteiger partial charge < -0.3 is 16.0 Å². The fourth-order valence-electron chi connectivity index (χ4n) is 5.78. The molecule has 58 heavy (non-hydrogen) atoms. The predicted octanol–water partition coefficient (Wildman–Crippen LogP) is 13.4. The molecule has 5 aromatic carbocycles. The summed E-state index contributed by atoms with van der Waals surface area (Å²) in [6.45, 7) is 5.30. The maximum absolute atomic E-state index is 12.5. The van der Waals surface area contributed by atoms with E-state index < -0.39 is 11.7 Å². The fraction of sp³-hybridized carbons (Fsp3) is 0.292. The van der Waals surface area contributed by atoms with Crippen LogP contribution < -0.4 is 16.0 Å². The van der Waals surface area contributed by atoms with Gasteiger partial charge in [0.25, 0.3) is 0 Å². The Morgan fingerprint density at radius 3 is 1.43 bits per heavy atom. The van der Waals surface area contributed by atoms with Gasteiger partial charge in [0, 0.05) is 24.5 Å². The van der Waals surface area contributed by atoms with Crippen molar-refractivity contribution in [2.24, 2.45) is 0 Å². The van der Waals surface area contributed by atoms with Crippen molar-refractivity contribution >= 4 is 46.6 Å². The topological polar surface area (TPSA) is 36.1 Å². The van der Waals surface area contributed by atoms with E-state index in [4.69, 9.17) is 0 Å². The van der Waals surface area contributed by atoms with Crippen LogP contribution in [0.4, 0.5) is 13.2 Å². The predicted molar refractivity (Wildman–Crippen MR) is 245 cm³/mol. The maximum Gasteiger partial charge on any atom is 0.416 e. The third kappa shape index (κ3) is 18.2. The zero-order chi connectivity index (χ0) is 41.4. The highest BCUT2D eigenvalue weighted by molar-refractivity contribution is 8.01. The van der Waals surface area contributed by atoms with Crippen LogP contribution in [-0.4, -0.2) is 40.8 Å². The van der Waals surface area contributed by atoms with E-state index in [1.165, 1.54) is 77.9 Å². The van der Waals surface area contributed by atoms with Crippen molar-refractivity contribution in [3.8, 4) is 0 Å². The molecular weight excluding hydrogens is 804 g/mol. The van der Waals surface area contributed by atoms with E-state index in [1.807, 2.05) is 56.8 Å². The molecule has 3 N–H and O–H groups in total. The van der Waals surface area contributed by atoms with Crippen LogP contribution in [0.1, 0.15) is 47.1 Å². The minimum Gasteiger partial charge on any atom is -0.320 e. The van der Waals surface area contributed by atoms with Crippen molar-refractivity contribution in [3.05, 3.63) is 167 Å². The van der Waals surface area contributed by atoms with Crippen molar-refractivity contribution in [2.45, 2.75) is 80.3 Å². The summed E-state index contributed by atoms with van der Waals surface area (Å²) in [7, 11) is 5.93. The molecule has 1 aromatic heterocycles. The molecule has 0 aliphatic carbocycles. The normalized spacial score (nSPS) is 11.0. The van der Waals surface area contributed by atoms with E-state index in [9.17, 15) is 13.2 Å². The number of halogens is 3. The number of hydrogen-bond donors (Lipinski definition) is 3. The Balaban J connectivity index is 0.000000194. The second kappa shape index (κ2) is 26.6. The molecular formula is C48H56F3N3S4. The van der Waals surface area contributed by atoms with Gasteiger partial charge in [-0.3, -0.25) is 0 Å². The summed E-state index contributed by atoms with van der Waals surface area (Å²) in [5.74, 6) is 0. The first-order valence-corrected chi connectivity index (χ1v) is 23.0. The first-order chi connectivity index (χ1) is 28.2. The summed E-state index contributed by atoms with van der Waals surface area (Å²) >= 11 is 6.98. The highest BCUT2D eigenvalue weighted by Crippen LogP contribution is 2.34. The molecule has 0 spiro atoms.